The maximum atomic E-state index is 10.5. The molecule has 0 amide bonds. The van der Waals surface area contributed by atoms with E-state index >= 15 is 0 Å². The molecule has 1 rings (SSSR count). The number of carboxylic acids is 1. The Morgan fingerprint density at radius 3 is 2.88 bits per heavy atom. The molecule has 0 fully saturated rings. The second-order valence-electron chi connectivity index (χ2n) is 3.03. The molecule has 0 heterocycles. The number of rotatable bonds is 5. The highest BCUT2D eigenvalue weighted by Gasteiger charge is 2.15. The molecule has 1 aromatic carbocycles. The number of hydrogen-bond acceptors (Lipinski definition) is 4. The zero-order valence-electron chi connectivity index (χ0n) is 8.64. The second kappa shape index (κ2) is 5.72. The number of carbonyl (C=O) groups is 1. The van der Waals surface area contributed by atoms with E-state index in [1.54, 1.807) is 18.2 Å². The van der Waals surface area contributed by atoms with Crippen molar-refractivity contribution in [2.75, 3.05) is 13.7 Å². The van der Waals surface area contributed by atoms with Crippen LogP contribution in [0.3, 0.4) is 0 Å². The summed E-state index contributed by atoms with van der Waals surface area (Å²) in [5, 5.41) is 8.61. The topological polar surface area (TPSA) is 81.8 Å². The van der Waals surface area contributed by atoms with Gasteiger partial charge in [0.15, 0.2) is 11.5 Å². The van der Waals surface area contributed by atoms with E-state index in [1.807, 2.05) is 0 Å². The first-order chi connectivity index (χ1) is 7.56. The van der Waals surface area contributed by atoms with E-state index in [9.17, 15) is 4.79 Å². The molecule has 5 nitrogen and oxygen atoms in total. The van der Waals surface area contributed by atoms with Gasteiger partial charge < -0.3 is 20.3 Å². The van der Waals surface area contributed by atoms with E-state index in [1.165, 1.54) is 7.11 Å². The first kappa shape index (κ1) is 12.8. The number of ether oxygens (including phenoxy) is 2. The van der Waals surface area contributed by atoms with Crippen molar-refractivity contribution >= 4 is 21.9 Å². The third kappa shape index (κ3) is 3.11. The van der Waals surface area contributed by atoms with Crippen molar-refractivity contribution < 1.29 is 19.4 Å². The predicted molar refractivity (Wildman–Crippen MR) is 61.8 cm³/mol. The molecule has 0 aliphatic carbocycles. The molecule has 0 aromatic heterocycles. The van der Waals surface area contributed by atoms with E-state index in [2.05, 4.69) is 15.9 Å². The molecule has 0 aliphatic rings. The molecule has 3 N–H and O–H groups in total. The van der Waals surface area contributed by atoms with E-state index < -0.39 is 12.0 Å². The van der Waals surface area contributed by atoms with Gasteiger partial charge in [-0.15, -0.1) is 0 Å². The highest BCUT2D eigenvalue weighted by atomic mass is 79.9. The Morgan fingerprint density at radius 2 is 2.31 bits per heavy atom. The van der Waals surface area contributed by atoms with Gasteiger partial charge in [-0.3, -0.25) is 4.79 Å². The molecular formula is C10H12BrNO4. The molecule has 0 spiro atoms. The maximum absolute atomic E-state index is 10.5. The van der Waals surface area contributed by atoms with Crippen molar-refractivity contribution in [3.05, 3.63) is 22.7 Å². The Balaban J connectivity index is 2.76. The Bertz CT molecular complexity index is 383. The fourth-order valence-corrected chi connectivity index (χ4v) is 1.50. The average molecular weight is 290 g/mol. The molecule has 88 valence electrons. The number of para-hydroxylation sites is 1. The summed E-state index contributed by atoms with van der Waals surface area (Å²) in [6.07, 6.45) is 0. The molecule has 0 saturated heterocycles. The Morgan fingerprint density at radius 1 is 1.62 bits per heavy atom. The van der Waals surface area contributed by atoms with Crippen LogP contribution >= 0.6 is 15.9 Å². The van der Waals surface area contributed by atoms with Gasteiger partial charge in [0.05, 0.1) is 11.6 Å². The molecule has 1 aromatic rings. The lowest BCUT2D eigenvalue weighted by Crippen LogP contribution is -2.36. The molecule has 0 bridgehead atoms. The molecule has 1 atom stereocenters. The van der Waals surface area contributed by atoms with Crippen LogP contribution in [-0.2, 0) is 4.79 Å². The minimum atomic E-state index is -1.11. The van der Waals surface area contributed by atoms with E-state index in [0.717, 1.165) is 0 Å². The van der Waals surface area contributed by atoms with Gasteiger partial charge in [0.2, 0.25) is 0 Å². The van der Waals surface area contributed by atoms with Gasteiger partial charge in [-0.25, -0.2) is 0 Å². The summed E-state index contributed by atoms with van der Waals surface area (Å²) < 4.78 is 11.1. The fourth-order valence-electron chi connectivity index (χ4n) is 1.03. The summed E-state index contributed by atoms with van der Waals surface area (Å²) in [6.45, 7) is -0.117. The average Bonchev–Trinajstić information content (AvgIpc) is 2.26. The Labute approximate surface area is 101 Å². The Hall–Kier alpha value is -1.27. The zero-order chi connectivity index (χ0) is 12.1. The number of hydrogen-bond donors (Lipinski definition) is 2. The summed E-state index contributed by atoms with van der Waals surface area (Å²) in [4.78, 5) is 10.5. The fraction of sp³-hybridized carbons (Fsp3) is 0.300. The number of aliphatic carboxylic acids is 1. The van der Waals surface area contributed by atoms with Gasteiger partial charge in [-0.1, -0.05) is 6.07 Å². The smallest absolute Gasteiger partial charge is 0.324 e. The summed E-state index contributed by atoms with van der Waals surface area (Å²) in [5.41, 5.74) is 5.33. The van der Waals surface area contributed by atoms with Crippen molar-refractivity contribution in [2.45, 2.75) is 6.04 Å². The van der Waals surface area contributed by atoms with Gasteiger partial charge in [0, 0.05) is 0 Å². The van der Waals surface area contributed by atoms with E-state index in [0.29, 0.717) is 16.0 Å². The van der Waals surface area contributed by atoms with Crippen LogP contribution in [0, 0.1) is 0 Å². The van der Waals surface area contributed by atoms with Crippen molar-refractivity contribution in [2.24, 2.45) is 5.73 Å². The summed E-state index contributed by atoms with van der Waals surface area (Å²) >= 11 is 3.28. The summed E-state index contributed by atoms with van der Waals surface area (Å²) in [5.74, 6) is -0.139. The highest BCUT2D eigenvalue weighted by molar-refractivity contribution is 9.10. The predicted octanol–water partition coefficient (Wildman–Crippen LogP) is 1.25. The monoisotopic (exact) mass is 289 g/mol. The van der Waals surface area contributed by atoms with Crippen LogP contribution in [0.1, 0.15) is 0 Å². The Kier molecular flexibility index (Phi) is 4.57. The number of carboxylic acid groups (broad SMARTS) is 1. The largest absolute Gasteiger partial charge is 0.493 e. The van der Waals surface area contributed by atoms with Crippen LogP contribution in [-0.4, -0.2) is 30.8 Å². The van der Waals surface area contributed by atoms with E-state index in [-0.39, 0.29) is 6.61 Å². The molecule has 6 heteroatoms. The molecule has 1 unspecified atom stereocenters. The number of methoxy groups -OCH3 is 1. The molecule has 0 aliphatic heterocycles. The molecule has 16 heavy (non-hydrogen) atoms. The zero-order valence-corrected chi connectivity index (χ0v) is 10.2. The molecular weight excluding hydrogens is 278 g/mol. The summed E-state index contributed by atoms with van der Waals surface area (Å²) in [7, 11) is 1.51. The quantitative estimate of drug-likeness (QED) is 0.853. The third-order valence-electron chi connectivity index (χ3n) is 1.88. The standard InChI is InChI=1S/C10H12BrNO4/c1-15-8-4-2-3-6(11)9(8)16-5-7(12)10(13)14/h2-4,7H,5,12H2,1H3,(H,13,14). The van der Waals surface area contributed by atoms with Crippen LogP contribution in [0.25, 0.3) is 0 Å². The summed E-state index contributed by atoms with van der Waals surface area (Å²) in [6, 6.07) is 4.21. The number of benzene rings is 1. The van der Waals surface area contributed by atoms with Crippen molar-refractivity contribution in [1.82, 2.24) is 0 Å². The van der Waals surface area contributed by atoms with Crippen molar-refractivity contribution in [3.63, 3.8) is 0 Å². The normalized spacial score (nSPS) is 11.9. The van der Waals surface area contributed by atoms with Crippen molar-refractivity contribution in [1.29, 1.82) is 0 Å². The highest BCUT2D eigenvalue weighted by Crippen LogP contribution is 2.34. The number of halogens is 1. The SMILES string of the molecule is COc1cccc(Br)c1OCC(N)C(=O)O. The first-order valence-electron chi connectivity index (χ1n) is 4.50. The van der Waals surface area contributed by atoms with Gasteiger partial charge in [0.25, 0.3) is 0 Å². The molecule has 0 saturated carbocycles. The lowest BCUT2D eigenvalue weighted by atomic mass is 10.3. The molecule has 0 radical (unpaired) electrons. The lowest BCUT2D eigenvalue weighted by molar-refractivity contribution is -0.139. The third-order valence-corrected chi connectivity index (χ3v) is 2.50. The van der Waals surface area contributed by atoms with Crippen LogP contribution in [0.4, 0.5) is 0 Å². The van der Waals surface area contributed by atoms with E-state index in [4.69, 9.17) is 20.3 Å². The number of nitrogens with two attached hydrogens (primary N) is 1. The van der Waals surface area contributed by atoms with Crippen LogP contribution < -0.4 is 15.2 Å². The van der Waals surface area contributed by atoms with Crippen LogP contribution in [0.15, 0.2) is 22.7 Å². The second-order valence-corrected chi connectivity index (χ2v) is 3.88. The van der Waals surface area contributed by atoms with Gasteiger partial charge in [-0.05, 0) is 28.1 Å². The first-order valence-corrected chi connectivity index (χ1v) is 5.29. The van der Waals surface area contributed by atoms with Gasteiger partial charge >= 0.3 is 5.97 Å². The minimum Gasteiger partial charge on any atom is -0.493 e. The van der Waals surface area contributed by atoms with Crippen LogP contribution in [0.2, 0.25) is 0 Å². The maximum Gasteiger partial charge on any atom is 0.324 e. The van der Waals surface area contributed by atoms with Gasteiger partial charge in [0.1, 0.15) is 12.6 Å². The minimum absolute atomic E-state index is 0.117. The lowest BCUT2D eigenvalue weighted by Gasteiger charge is -2.13. The van der Waals surface area contributed by atoms with Gasteiger partial charge in [-0.2, -0.15) is 0 Å². The van der Waals surface area contributed by atoms with Crippen molar-refractivity contribution in [3.8, 4) is 11.5 Å². The van der Waals surface area contributed by atoms with Crippen LogP contribution in [0.5, 0.6) is 11.5 Å².